The zero-order chi connectivity index (χ0) is 15.0. The van der Waals surface area contributed by atoms with Crippen LogP contribution in [-0.2, 0) is 9.53 Å². The topological polar surface area (TPSA) is 81.7 Å². The highest BCUT2D eigenvalue weighted by atomic mass is 16.5. The van der Waals surface area contributed by atoms with Crippen molar-refractivity contribution < 1.29 is 23.9 Å². The average molecular weight is 277 g/mol. The Hall–Kier alpha value is -2.63. The molecule has 1 amide bonds. The Labute approximate surface area is 116 Å². The SMILES string of the molecule is CNC(=O)c1ccc(OC/C=C/C(=O)OC)c(C=O)c1. The third-order valence-electron chi connectivity index (χ3n) is 2.42. The summed E-state index contributed by atoms with van der Waals surface area (Å²) in [6.07, 6.45) is 3.29. The van der Waals surface area contributed by atoms with E-state index in [1.165, 1.54) is 38.4 Å². The highest BCUT2D eigenvalue weighted by Gasteiger charge is 2.08. The number of rotatable bonds is 6. The van der Waals surface area contributed by atoms with E-state index in [-0.39, 0.29) is 18.1 Å². The van der Waals surface area contributed by atoms with Gasteiger partial charge in [-0.1, -0.05) is 0 Å². The predicted molar refractivity (Wildman–Crippen MR) is 71.9 cm³/mol. The Morgan fingerprint density at radius 1 is 1.35 bits per heavy atom. The van der Waals surface area contributed by atoms with E-state index in [0.717, 1.165) is 0 Å². The number of benzene rings is 1. The Kier molecular flexibility index (Phi) is 5.96. The predicted octanol–water partition coefficient (Wildman–Crippen LogP) is 0.967. The molecule has 1 aromatic rings. The van der Waals surface area contributed by atoms with Crippen LogP contribution in [0.4, 0.5) is 0 Å². The van der Waals surface area contributed by atoms with Gasteiger partial charge in [0.15, 0.2) is 6.29 Å². The number of amides is 1. The number of carbonyl (C=O) groups is 3. The fourth-order valence-corrected chi connectivity index (χ4v) is 1.41. The Balaban J connectivity index is 2.76. The molecule has 0 saturated heterocycles. The molecule has 0 unspecified atom stereocenters. The van der Waals surface area contributed by atoms with E-state index in [1.807, 2.05) is 0 Å². The molecule has 0 aliphatic rings. The first-order valence-electron chi connectivity index (χ1n) is 5.81. The van der Waals surface area contributed by atoms with E-state index in [2.05, 4.69) is 10.1 Å². The minimum Gasteiger partial charge on any atom is -0.489 e. The number of aldehydes is 1. The summed E-state index contributed by atoms with van der Waals surface area (Å²) in [5.74, 6) is -0.438. The van der Waals surface area contributed by atoms with Crippen molar-refractivity contribution in [1.82, 2.24) is 5.32 Å². The second-order valence-corrected chi connectivity index (χ2v) is 3.69. The summed E-state index contributed by atoms with van der Waals surface area (Å²) in [5.41, 5.74) is 0.629. The first-order chi connectivity index (χ1) is 9.62. The Morgan fingerprint density at radius 3 is 2.70 bits per heavy atom. The van der Waals surface area contributed by atoms with Crippen molar-refractivity contribution in [3.05, 3.63) is 41.5 Å². The van der Waals surface area contributed by atoms with E-state index in [0.29, 0.717) is 17.6 Å². The van der Waals surface area contributed by atoms with Crippen molar-refractivity contribution in [3.8, 4) is 5.75 Å². The minimum atomic E-state index is -0.487. The Morgan fingerprint density at radius 2 is 2.10 bits per heavy atom. The second-order valence-electron chi connectivity index (χ2n) is 3.69. The smallest absolute Gasteiger partial charge is 0.330 e. The van der Waals surface area contributed by atoms with Gasteiger partial charge >= 0.3 is 5.97 Å². The van der Waals surface area contributed by atoms with Gasteiger partial charge in [-0.3, -0.25) is 9.59 Å². The summed E-state index contributed by atoms with van der Waals surface area (Å²) in [4.78, 5) is 33.2. The molecule has 6 nitrogen and oxygen atoms in total. The number of carbonyl (C=O) groups excluding carboxylic acids is 3. The molecule has 0 fully saturated rings. The molecule has 0 saturated carbocycles. The van der Waals surface area contributed by atoms with Crippen LogP contribution in [0.1, 0.15) is 20.7 Å². The Bertz CT molecular complexity index is 536. The molecular formula is C14H15NO5. The molecule has 0 aromatic heterocycles. The summed E-state index contributed by atoms with van der Waals surface area (Å²) in [7, 11) is 2.78. The maximum Gasteiger partial charge on any atom is 0.330 e. The van der Waals surface area contributed by atoms with Crippen LogP contribution in [0.15, 0.2) is 30.4 Å². The van der Waals surface area contributed by atoms with Crippen molar-refractivity contribution in [2.24, 2.45) is 0 Å². The van der Waals surface area contributed by atoms with Gasteiger partial charge in [0.25, 0.3) is 5.91 Å². The minimum absolute atomic E-state index is 0.106. The van der Waals surface area contributed by atoms with Crippen molar-refractivity contribution in [3.63, 3.8) is 0 Å². The van der Waals surface area contributed by atoms with Gasteiger partial charge in [0.05, 0.1) is 12.7 Å². The van der Waals surface area contributed by atoms with Crippen LogP contribution in [-0.4, -0.2) is 38.9 Å². The van der Waals surface area contributed by atoms with Gasteiger partial charge in [-0.05, 0) is 24.3 Å². The molecule has 1 aromatic carbocycles. The van der Waals surface area contributed by atoms with E-state index >= 15 is 0 Å². The van der Waals surface area contributed by atoms with E-state index in [1.54, 1.807) is 6.07 Å². The van der Waals surface area contributed by atoms with Crippen LogP contribution in [0.3, 0.4) is 0 Å². The molecular weight excluding hydrogens is 262 g/mol. The largest absolute Gasteiger partial charge is 0.489 e. The van der Waals surface area contributed by atoms with Crippen molar-refractivity contribution >= 4 is 18.2 Å². The van der Waals surface area contributed by atoms with E-state index in [4.69, 9.17) is 4.74 Å². The van der Waals surface area contributed by atoms with Crippen LogP contribution < -0.4 is 10.1 Å². The van der Waals surface area contributed by atoms with Gasteiger partial charge in [0, 0.05) is 18.7 Å². The van der Waals surface area contributed by atoms with Gasteiger partial charge in [-0.25, -0.2) is 4.79 Å². The summed E-state index contributed by atoms with van der Waals surface area (Å²) in [5, 5.41) is 2.47. The highest BCUT2D eigenvalue weighted by molar-refractivity contribution is 5.96. The van der Waals surface area contributed by atoms with Gasteiger partial charge in [-0.2, -0.15) is 0 Å². The molecule has 0 aliphatic heterocycles. The number of ether oxygens (including phenoxy) is 2. The van der Waals surface area contributed by atoms with Gasteiger partial charge < -0.3 is 14.8 Å². The van der Waals surface area contributed by atoms with Crippen LogP contribution in [0.5, 0.6) is 5.75 Å². The summed E-state index contributed by atoms with van der Waals surface area (Å²) in [6, 6.07) is 4.51. The fourth-order valence-electron chi connectivity index (χ4n) is 1.41. The standard InChI is InChI=1S/C14H15NO5/c1-15-14(18)10-5-6-12(11(8-10)9-16)20-7-3-4-13(17)19-2/h3-6,8-9H,7H2,1-2H3,(H,15,18)/b4-3+. The molecule has 0 bridgehead atoms. The van der Waals surface area contributed by atoms with Crippen molar-refractivity contribution in [2.45, 2.75) is 0 Å². The van der Waals surface area contributed by atoms with Crippen LogP contribution in [0.2, 0.25) is 0 Å². The maximum atomic E-state index is 11.4. The third-order valence-corrected chi connectivity index (χ3v) is 2.42. The quantitative estimate of drug-likeness (QED) is 0.476. The summed E-state index contributed by atoms with van der Waals surface area (Å²) in [6.45, 7) is 0.106. The lowest BCUT2D eigenvalue weighted by atomic mass is 10.1. The molecule has 6 heteroatoms. The number of methoxy groups -OCH3 is 1. The molecule has 20 heavy (non-hydrogen) atoms. The molecule has 0 atom stereocenters. The lowest BCUT2D eigenvalue weighted by molar-refractivity contribution is -0.134. The maximum absolute atomic E-state index is 11.4. The summed E-state index contributed by atoms with van der Waals surface area (Å²) >= 11 is 0. The molecule has 0 heterocycles. The zero-order valence-corrected chi connectivity index (χ0v) is 11.2. The van der Waals surface area contributed by atoms with Crippen LogP contribution in [0, 0.1) is 0 Å². The normalized spacial score (nSPS) is 10.1. The lowest BCUT2D eigenvalue weighted by Gasteiger charge is -2.07. The summed E-state index contributed by atoms with van der Waals surface area (Å²) < 4.78 is 9.75. The third kappa shape index (κ3) is 4.24. The molecule has 0 spiro atoms. The monoisotopic (exact) mass is 277 g/mol. The van der Waals surface area contributed by atoms with Gasteiger partial charge in [-0.15, -0.1) is 0 Å². The number of hydrogen-bond acceptors (Lipinski definition) is 5. The number of nitrogens with one attached hydrogen (secondary N) is 1. The average Bonchev–Trinajstić information content (AvgIpc) is 2.50. The number of esters is 1. The van der Waals surface area contributed by atoms with E-state index < -0.39 is 5.97 Å². The van der Waals surface area contributed by atoms with Crippen molar-refractivity contribution in [2.75, 3.05) is 20.8 Å². The lowest BCUT2D eigenvalue weighted by Crippen LogP contribution is -2.18. The first-order valence-corrected chi connectivity index (χ1v) is 5.81. The van der Waals surface area contributed by atoms with Crippen molar-refractivity contribution in [1.29, 1.82) is 0 Å². The van der Waals surface area contributed by atoms with Crippen LogP contribution >= 0.6 is 0 Å². The number of hydrogen-bond donors (Lipinski definition) is 1. The highest BCUT2D eigenvalue weighted by Crippen LogP contribution is 2.18. The second kappa shape index (κ2) is 7.73. The fraction of sp³-hybridized carbons (Fsp3) is 0.214. The molecule has 0 aliphatic carbocycles. The molecule has 0 radical (unpaired) electrons. The molecule has 1 rings (SSSR count). The molecule has 1 N–H and O–H groups in total. The van der Waals surface area contributed by atoms with Gasteiger partial charge in [0.1, 0.15) is 12.4 Å². The van der Waals surface area contributed by atoms with E-state index in [9.17, 15) is 14.4 Å². The van der Waals surface area contributed by atoms with Crippen LogP contribution in [0.25, 0.3) is 0 Å². The van der Waals surface area contributed by atoms with Gasteiger partial charge in [0.2, 0.25) is 0 Å². The first kappa shape index (κ1) is 15.4. The zero-order valence-electron chi connectivity index (χ0n) is 11.2. The molecule has 106 valence electrons.